The van der Waals surface area contributed by atoms with Crippen molar-refractivity contribution in [3.8, 4) is 0 Å². The van der Waals surface area contributed by atoms with E-state index in [0.29, 0.717) is 18.9 Å². The Hall–Kier alpha value is -1.51. The summed E-state index contributed by atoms with van der Waals surface area (Å²) in [5, 5.41) is 8.72. The number of hydrogen-bond acceptors (Lipinski definition) is 1. The molecule has 0 spiro atoms. The van der Waals surface area contributed by atoms with Gasteiger partial charge in [0, 0.05) is 20.0 Å². The summed E-state index contributed by atoms with van der Waals surface area (Å²) in [6, 6.07) is 14.3. The number of nitrogens with one attached hydrogen (secondary N) is 2. The number of hydrogen-bond donors (Lipinski definition) is 2. The zero-order valence-corrected chi connectivity index (χ0v) is 17.3. The van der Waals surface area contributed by atoms with Crippen LogP contribution in [0, 0.1) is 0 Å². The number of alkyl halides is 3. The van der Waals surface area contributed by atoms with Crippen molar-refractivity contribution in [1.29, 1.82) is 0 Å². The summed E-state index contributed by atoms with van der Waals surface area (Å²) in [6.45, 7) is 2.50. The second-order valence-corrected chi connectivity index (χ2v) is 6.01. The van der Waals surface area contributed by atoms with Crippen LogP contribution in [-0.2, 0) is 0 Å². The molecule has 0 aliphatic carbocycles. The highest BCUT2D eigenvalue weighted by molar-refractivity contribution is 14.0. The van der Waals surface area contributed by atoms with Crippen molar-refractivity contribution in [2.45, 2.75) is 38.4 Å². The second kappa shape index (κ2) is 10.6. The van der Waals surface area contributed by atoms with Gasteiger partial charge in [0.05, 0.1) is 6.04 Å². The van der Waals surface area contributed by atoms with Gasteiger partial charge < -0.3 is 10.6 Å². The average molecular weight is 479 g/mol. The smallest absolute Gasteiger partial charge is 0.356 e. The molecule has 2 aromatic carbocycles. The third kappa shape index (κ3) is 7.01. The number of nitrogens with zero attached hydrogens (tertiary/aromatic N) is 1. The van der Waals surface area contributed by atoms with Gasteiger partial charge in [-0.3, -0.25) is 4.99 Å². The summed E-state index contributed by atoms with van der Waals surface area (Å²) in [4.78, 5) is 4.15. The SMILES string of the molecule is CN=C(NCCCCC(F)(F)F)NC(C)c1cccc2ccccc12.I. The highest BCUT2D eigenvalue weighted by Crippen LogP contribution is 2.24. The average Bonchev–Trinajstić information content (AvgIpc) is 2.58. The maximum atomic E-state index is 12.1. The van der Waals surface area contributed by atoms with E-state index in [0.717, 1.165) is 5.56 Å². The molecule has 0 aliphatic rings. The number of fused-ring (bicyclic) bond motifs is 1. The van der Waals surface area contributed by atoms with Gasteiger partial charge in [-0.2, -0.15) is 13.2 Å². The quantitative estimate of drug-likeness (QED) is 0.252. The lowest BCUT2D eigenvalue weighted by Gasteiger charge is -2.20. The van der Waals surface area contributed by atoms with Crippen LogP contribution >= 0.6 is 24.0 Å². The molecule has 2 N–H and O–H groups in total. The first kappa shape index (κ1) is 22.5. The van der Waals surface area contributed by atoms with E-state index in [9.17, 15) is 13.2 Å². The van der Waals surface area contributed by atoms with Gasteiger partial charge in [-0.25, -0.2) is 0 Å². The summed E-state index contributed by atoms with van der Waals surface area (Å²) in [7, 11) is 1.65. The molecule has 0 radical (unpaired) electrons. The van der Waals surface area contributed by atoms with Crippen molar-refractivity contribution in [3.05, 3.63) is 48.0 Å². The number of rotatable bonds is 6. The molecular weight excluding hydrogens is 454 g/mol. The summed E-state index contributed by atoms with van der Waals surface area (Å²) < 4.78 is 36.4. The van der Waals surface area contributed by atoms with Crippen LogP contribution in [0.4, 0.5) is 13.2 Å². The van der Waals surface area contributed by atoms with Crippen LogP contribution in [0.2, 0.25) is 0 Å². The fourth-order valence-corrected chi connectivity index (χ4v) is 2.76. The topological polar surface area (TPSA) is 36.4 Å². The van der Waals surface area contributed by atoms with Crippen LogP contribution in [0.3, 0.4) is 0 Å². The Bertz CT molecular complexity index is 711. The number of benzene rings is 2. The normalized spacial score (nSPS) is 13.2. The minimum atomic E-state index is -4.08. The van der Waals surface area contributed by atoms with Gasteiger partial charge in [-0.15, -0.1) is 24.0 Å². The van der Waals surface area contributed by atoms with Crippen LogP contribution in [0.25, 0.3) is 10.8 Å². The first-order valence-electron chi connectivity index (χ1n) is 8.42. The van der Waals surface area contributed by atoms with E-state index >= 15 is 0 Å². The molecule has 3 nitrogen and oxygen atoms in total. The van der Waals surface area contributed by atoms with Crippen molar-refractivity contribution < 1.29 is 13.2 Å². The molecule has 0 saturated carbocycles. The predicted octanol–water partition coefficient (Wildman–Crippen LogP) is 5.42. The van der Waals surface area contributed by atoms with E-state index in [2.05, 4.69) is 39.9 Å². The molecule has 26 heavy (non-hydrogen) atoms. The molecule has 0 amide bonds. The molecule has 1 unspecified atom stereocenters. The van der Waals surface area contributed by atoms with Crippen molar-refractivity contribution in [2.24, 2.45) is 4.99 Å². The first-order valence-corrected chi connectivity index (χ1v) is 8.42. The minimum absolute atomic E-state index is 0. The Morgan fingerprint density at radius 1 is 1.08 bits per heavy atom. The molecule has 7 heteroatoms. The highest BCUT2D eigenvalue weighted by atomic mass is 127. The minimum Gasteiger partial charge on any atom is -0.356 e. The Morgan fingerprint density at radius 3 is 2.46 bits per heavy atom. The number of aliphatic imine (C=N–C) groups is 1. The summed E-state index contributed by atoms with van der Waals surface area (Å²) in [5.41, 5.74) is 1.15. The standard InChI is InChI=1S/C19H24F3N3.HI/c1-14(16-11-7-9-15-8-3-4-10-17(15)16)25-18(23-2)24-13-6-5-12-19(20,21)22;/h3-4,7-11,14H,5-6,12-13H2,1-2H3,(H2,23,24,25);1H. The molecule has 0 bridgehead atoms. The molecule has 0 fully saturated rings. The second-order valence-electron chi connectivity index (χ2n) is 6.01. The molecule has 0 saturated heterocycles. The van der Waals surface area contributed by atoms with E-state index in [1.807, 2.05) is 25.1 Å². The van der Waals surface area contributed by atoms with Crippen molar-refractivity contribution in [3.63, 3.8) is 0 Å². The maximum Gasteiger partial charge on any atom is 0.389 e. The van der Waals surface area contributed by atoms with Crippen LogP contribution in [0.15, 0.2) is 47.5 Å². The Kier molecular flexibility index (Phi) is 9.18. The van der Waals surface area contributed by atoms with Gasteiger partial charge in [-0.05, 0) is 36.1 Å². The molecule has 0 aliphatic heterocycles. The van der Waals surface area contributed by atoms with Crippen molar-refractivity contribution in [1.82, 2.24) is 10.6 Å². The van der Waals surface area contributed by atoms with Gasteiger partial charge in [0.25, 0.3) is 0 Å². The number of halogens is 4. The van der Waals surface area contributed by atoms with Crippen LogP contribution in [0.1, 0.15) is 37.8 Å². The Balaban J connectivity index is 0.00000338. The maximum absolute atomic E-state index is 12.1. The molecule has 144 valence electrons. The molecule has 0 heterocycles. The summed E-state index contributed by atoms with van der Waals surface area (Å²) >= 11 is 0. The van der Waals surface area contributed by atoms with Crippen LogP contribution in [0.5, 0.6) is 0 Å². The molecule has 2 aromatic rings. The summed E-state index contributed by atoms with van der Waals surface area (Å²) in [6.07, 6.45) is -4.26. The van der Waals surface area contributed by atoms with Crippen molar-refractivity contribution >= 4 is 40.7 Å². The van der Waals surface area contributed by atoms with Gasteiger partial charge in [0.2, 0.25) is 0 Å². The van der Waals surface area contributed by atoms with Gasteiger partial charge in [0.15, 0.2) is 5.96 Å². The summed E-state index contributed by atoms with van der Waals surface area (Å²) in [5.74, 6) is 0.590. The Morgan fingerprint density at radius 2 is 1.77 bits per heavy atom. The molecule has 2 rings (SSSR count). The lowest BCUT2D eigenvalue weighted by atomic mass is 10.00. The monoisotopic (exact) mass is 479 g/mol. The van der Waals surface area contributed by atoms with E-state index < -0.39 is 12.6 Å². The van der Waals surface area contributed by atoms with Crippen LogP contribution in [-0.4, -0.2) is 25.7 Å². The lowest BCUT2D eigenvalue weighted by molar-refractivity contribution is -0.135. The molecule has 1 atom stereocenters. The Labute approximate surface area is 169 Å². The fraction of sp³-hybridized carbons (Fsp3) is 0.421. The first-order chi connectivity index (χ1) is 11.9. The van der Waals surface area contributed by atoms with Gasteiger partial charge >= 0.3 is 6.18 Å². The molecular formula is C19H25F3IN3. The predicted molar refractivity (Wildman–Crippen MR) is 112 cm³/mol. The van der Waals surface area contributed by atoms with E-state index in [1.165, 1.54) is 10.8 Å². The fourth-order valence-electron chi connectivity index (χ4n) is 2.76. The zero-order chi connectivity index (χ0) is 18.3. The number of guanidine groups is 1. The molecule has 0 aromatic heterocycles. The highest BCUT2D eigenvalue weighted by Gasteiger charge is 2.25. The van der Waals surface area contributed by atoms with Crippen molar-refractivity contribution in [2.75, 3.05) is 13.6 Å². The number of unbranched alkanes of at least 4 members (excludes halogenated alkanes) is 1. The third-order valence-electron chi connectivity index (χ3n) is 4.05. The van der Waals surface area contributed by atoms with Gasteiger partial charge in [-0.1, -0.05) is 42.5 Å². The lowest BCUT2D eigenvalue weighted by Crippen LogP contribution is -2.39. The van der Waals surface area contributed by atoms with Gasteiger partial charge in [0.1, 0.15) is 0 Å². The van der Waals surface area contributed by atoms with E-state index in [-0.39, 0.29) is 36.4 Å². The van der Waals surface area contributed by atoms with E-state index in [1.54, 1.807) is 7.05 Å². The third-order valence-corrected chi connectivity index (χ3v) is 4.05. The largest absolute Gasteiger partial charge is 0.389 e. The zero-order valence-electron chi connectivity index (χ0n) is 14.9. The van der Waals surface area contributed by atoms with E-state index in [4.69, 9.17) is 0 Å². The van der Waals surface area contributed by atoms with Crippen LogP contribution < -0.4 is 10.6 Å².